The standard InChI is InChI=1S/C6H8N2O2S.C4H4N2O2S.C4H4S.C3H3N2S.Na/c1-3-10-6(9)5-4(2)7-8-11-5;1-2-3(4(7)8)9-6-5-2;1-2-4-5-3-1;1-3-2-6-5-4-3;/h3H2,1-2H3;1H3,(H,7,8);1-4H;1H3;/q;;;-1;+1. The van der Waals surface area contributed by atoms with Gasteiger partial charge in [0.05, 0.1) is 18.0 Å². The largest absolute Gasteiger partial charge is 1.00 e. The molecule has 0 aliphatic rings. The number of aryl methyl sites for hydroxylation is 3. The van der Waals surface area contributed by atoms with E-state index >= 15 is 0 Å². The summed E-state index contributed by atoms with van der Waals surface area (Å²) in [6.07, 6.45) is 0. The van der Waals surface area contributed by atoms with Crippen molar-refractivity contribution in [2.24, 2.45) is 0 Å². The van der Waals surface area contributed by atoms with E-state index in [9.17, 15) is 9.59 Å². The van der Waals surface area contributed by atoms with Gasteiger partial charge in [0.1, 0.15) is 0 Å². The number of nitrogens with zero attached hydrogens (tertiary/aromatic N) is 6. The Kier molecular flexibility index (Phi) is 16.9. The number of carbonyl (C=O) groups excluding carboxylic acids is 1. The summed E-state index contributed by atoms with van der Waals surface area (Å²) < 4.78 is 15.4. The van der Waals surface area contributed by atoms with Gasteiger partial charge in [0.2, 0.25) is 0 Å². The van der Waals surface area contributed by atoms with Crippen molar-refractivity contribution >= 4 is 57.9 Å². The number of carbonyl (C=O) groups is 2. The Morgan fingerprint density at radius 2 is 1.53 bits per heavy atom. The molecule has 0 atom stereocenters. The van der Waals surface area contributed by atoms with Gasteiger partial charge in [-0.05, 0) is 54.6 Å². The number of ether oxygens (including phenoxy) is 1. The molecule has 4 aromatic heterocycles. The second-order valence-corrected chi connectivity index (χ2v) is 8.03. The Morgan fingerprint density at radius 3 is 1.78 bits per heavy atom. The molecule has 15 heteroatoms. The van der Waals surface area contributed by atoms with E-state index in [1.165, 1.54) is 11.5 Å². The fourth-order valence-corrected chi connectivity index (χ4v) is 3.34. The van der Waals surface area contributed by atoms with E-state index in [0.717, 1.165) is 28.8 Å². The van der Waals surface area contributed by atoms with Crippen LogP contribution in [0, 0.1) is 26.2 Å². The van der Waals surface area contributed by atoms with Crippen molar-refractivity contribution in [3.8, 4) is 0 Å². The SMILES string of the molecule is CCOC(=O)c1snnc1C.Cc1[c-]snn1.Cc1nnsc1C(=O)O.[Na+].c1ccsc1. The smallest absolute Gasteiger partial charge is 0.477 e. The first-order valence-electron chi connectivity index (χ1n) is 8.48. The van der Waals surface area contributed by atoms with Crippen molar-refractivity contribution < 1.29 is 49.0 Å². The summed E-state index contributed by atoms with van der Waals surface area (Å²) in [6, 6.07) is 4.04. The fraction of sp³-hybridized carbons (Fsp3) is 0.294. The molecule has 4 heterocycles. The van der Waals surface area contributed by atoms with Gasteiger partial charge in [-0.3, -0.25) is 0 Å². The topological polar surface area (TPSA) is 141 Å². The number of aromatic nitrogens is 6. The van der Waals surface area contributed by atoms with E-state index in [4.69, 9.17) is 9.84 Å². The van der Waals surface area contributed by atoms with Crippen molar-refractivity contribution in [3.63, 3.8) is 0 Å². The molecule has 0 aliphatic heterocycles. The van der Waals surface area contributed by atoms with Crippen molar-refractivity contribution in [1.82, 2.24) is 28.8 Å². The van der Waals surface area contributed by atoms with E-state index in [1.54, 1.807) is 32.1 Å². The predicted octanol–water partition coefficient (Wildman–Crippen LogP) is 0.967. The summed E-state index contributed by atoms with van der Waals surface area (Å²) in [7, 11) is 0. The third-order valence-corrected chi connectivity index (χ3v) is 5.61. The number of carboxylic acid groups (broad SMARTS) is 1. The molecule has 4 rings (SSSR count). The fourth-order valence-electron chi connectivity index (χ4n) is 1.46. The molecular weight excluding hydrogens is 503 g/mol. The third-order valence-electron chi connectivity index (χ3n) is 2.81. The zero-order valence-electron chi connectivity index (χ0n) is 18.0. The number of thiophene rings is 1. The molecule has 0 spiro atoms. The monoisotopic (exact) mass is 522 g/mol. The molecule has 4 aromatic rings. The number of aromatic carboxylic acids is 1. The number of hydrogen-bond donors (Lipinski definition) is 1. The van der Waals surface area contributed by atoms with Crippen LogP contribution in [0.2, 0.25) is 0 Å². The van der Waals surface area contributed by atoms with Gasteiger partial charge in [0, 0.05) is 0 Å². The molecule has 0 saturated carbocycles. The summed E-state index contributed by atoms with van der Waals surface area (Å²) >= 11 is 4.93. The number of hydrogen-bond acceptors (Lipinski definition) is 13. The van der Waals surface area contributed by atoms with Crippen molar-refractivity contribution in [3.05, 3.63) is 55.1 Å². The summed E-state index contributed by atoms with van der Waals surface area (Å²) in [4.78, 5) is 22.0. The molecule has 0 bridgehead atoms. The van der Waals surface area contributed by atoms with E-state index in [0.29, 0.717) is 22.9 Å². The molecule has 1 N–H and O–H groups in total. The molecular formula is C17H19N6NaO4S4. The van der Waals surface area contributed by atoms with E-state index in [-0.39, 0.29) is 40.4 Å². The van der Waals surface area contributed by atoms with Crippen LogP contribution in [0.1, 0.15) is 43.3 Å². The predicted molar refractivity (Wildman–Crippen MR) is 120 cm³/mol. The van der Waals surface area contributed by atoms with Crippen LogP contribution in [-0.4, -0.2) is 52.4 Å². The van der Waals surface area contributed by atoms with Crippen molar-refractivity contribution in [2.45, 2.75) is 27.7 Å². The van der Waals surface area contributed by atoms with Crippen molar-refractivity contribution in [1.29, 1.82) is 0 Å². The van der Waals surface area contributed by atoms with Gasteiger partial charge < -0.3 is 15.2 Å². The molecule has 0 amide bonds. The Labute approximate surface area is 223 Å². The van der Waals surface area contributed by atoms with Gasteiger partial charge in [0.25, 0.3) is 0 Å². The van der Waals surface area contributed by atoms with Crippen molar-refractivity contribution in [2.75, 3.05) is 6.61 Å². The molecule has 0 fully saturated rings. The Hall–Kier alpha value is -1.68. The zero-order valence-corrected chi connectivity index (χ0v) is 23.3. The maximum atomic E-state index is 11.0. The summed E-state index contributed by atoms with van der Waals surface area (Å²) in [5.41, 5.74) is 1.99. The molecule has 10 nitrogen and oxygen atoms in total. The molecule has 0 aromatic carbocycles. The Balaban J connectivity index is 0.000000413. The van der Waals surface area contributed by atoms with Gasteiger partial charge in [-0.25, -0.2) is 21.1 Å². The van der Waals surface area contributed by atoms with Crippen LogP contribution in [0.4, 0.5) is 0 Å². The van der Waals surface area contributed by atoms with E-state index in [1.807, 2.05) is 29.8 Å². The van der Waals surface area contributed by atoms with Gasteiger partial charge in [-0.2, -0.15) is 16.4 Å². The molecule has 0 unspecified atom stereocenters. The minimum atomic E-state index is -0.956. The van der Waals surface area contributed by atoms with Crippen LogP contribution >= 0.6 is 45.9 Å². The maximum absolute atomic E-state index is 11.0. The summed E-state index contributed by atoms with van der Waals surface area (Å²) in [5, 5.41) is 26.1. The summed E-state index contributed by atoms with van der Waals surface area (Å²) in [5.74, 6) is -1.29. The first-order valence-corrected chi connectivity index (χ1v) is 11.7. The van der Waals surface area contributed by atoms with Gasteiger partial charge >= 0.3 is 41.5 Å². The Bertz CT molecular complexity index is 991. The third kappa shape index (κ3) is 12.4. The minimum Gasteiger partial charge on any atom is -0.477 e. The normalized spacial score (nSPS) is 8.88. The molecule has 0 radical (unpaired) electrons. The zero-order chi connectivity index (χ0) is 23.1. The molecule has 166 valence electrons. The van der Waals surface area contributed by atoms with E-state index in [2.05, 4.69) is 34.1 Å². The van der Waals surface area contributed by atoms with Crippen LogP contribution in [0.15, 0.2) is 22.9 Å². The molecule has 32 heavy (non-hydrogen) atoms. The average molecular weight is 523 g/mol. The van der Waals surface area contributed by atoms with Crippen LogP contribution < -0.4 is 29.6 Å². The molecule has 0 saturated heterocycles. The minimum absolute atomic E-state index is 0. The number of carboxylic acids is 1. The van der Waals surface area contributed by atoms with Crippen LogP contribution in [0.3, 0.4) is 0 Å². The number of rotatable bonds is 3. The second kappa shape index (κ2) is 17.8. The second-order valence-electron chi connectivity index (χ2n) is 5.15. The van der Waals surface area contributed by atoms with Crippen LogP contribution in [0.25, 0.3) is 0 Å². The Morgan fingerprint density at radius 1 is 0.969 bits per heavy atom. The van der Waals surface area contributed by atoms with Gasteiger partial charge in [-0.1, -0.05) is 28.0 Å². The summed E-state index contributed by atoms with van der Waals surface area (Å²) in [6.45, 7) is 7.37. The quantitative estimate of drug-likeness (QED) is 0.235. The van der Waals surface area contributed by atoms with Crippen LogP contribution in [0.5, 0.6) is 0 Å². The first kappa shape index (κ1) is 30.3. The van der Waals surface area contributed by atoms with Crippen LogP contribution in [-0.2, 0) is 4.74 Å². The average Bonchev–Trinajstić information content (AvgIpc) is 3.53. The first-order chi connectivity index (χ1) is 14.9. The maximum Gasteiger partial charge on any atom is 1.00 e. The molecule has 0 aliphatic carbocycles. The van der Waals surface area contributed by atoms with Gasteiger partial charge in [-0.15, -0.1) is 20.4 Å². The van der Waals surface area contributed by atoms with E-state index < -0.39 is 5.97 Å². The van der Waals surface area contributed by atoms with Gasteiger partial charge in [0.15, 0.2) is 9.75 Å². The number of esters is 1.